The molecule has 4 aromatic rings. The number of aromatic nitrogens is 3. The number of pyridine rings is 1. The highest BCUT2D eigenvalue weighted by Gasteiger charge is 2.16. The molecule has 1 N–H and O–H groups in total. The molecule has 0 unspecified atom stereocenters. The standard InChI is InChI=1S/C27H28N4O5/c1-35-22-11-10-20(17-23(22)36-2)13-16-30-26(33)25-21(9-6-14-29-25)31(27(30)34)18-24(32)28-15-12-19-7-4-3-5-8-19/h3-11,14,17H,12-13,15-16,18H2,1-2H3,(H,28,32). The Morgan fingerprint density at radius 3 is 2.42 bits per heavy atom. The van der Waals surface area contributed by atoms with Crippen molar-refractivity contribution in [3.63, 3.8) is 0 Å². The second kappa shape index (κ2) is 11.4. The van der Waals surface area contributed by atoms with Crippen LogP contribution in [0.25, 0.3) is 11.0 Å². The van der Waals surface area contributed by atoms with Crippen molar-refractivity contribution in [1.29, 1.82) is 0 Å². The molecule has 0 aliphatic heterocycles. The van der Waals surface area contributed by atoms with Gasteiger partial charge in [-0.25, -0.2) is 9.78 Å². The van der Waals surface area contributed by atoms with Crippen LogP contribution in [0, 0.1) is 0 Å². The van der Waals surface area contributed by atoms with Gasteiger partial charge in [0.2, 0.25) is 5.91 Å². The molecule has 2 heterocycles. The Labute approximate surface area is 207 Å². The molecule has 0 atom stereocenters. The van der Waals surface area contributed by atoms with E-state index < -0.39 is 11.2 Å². The second-order valence-corrected chi connectivity index (χ2v) is 8.22. The Hall–Kier alpha value is -4.40. The van der Waals surface area contributed by atoms with Gasteiger partial charge in [0.25, 0.3) is 5.56 Å². The highest BCUT2D eigenvalue weighted by Crippen LogP contribution is 2.27. The number of methoxy groups -OCH3 is 2. The summed E-state index contributed by atoms with van der Waals surface area (Å²) in [6.45, 7) is 0.342. The monoisotopic (exact) mass is 488 g/mol. The van der Waals surface area contributed by atoms with Gasteiger partial charge in [0.1, 0.15) is 6.54 Å². The lowest BCUT2D eigenvalue weighted by atomic mass is 10.1. The average molecular weight is 489 g/mol. The highest BCUT2D eigenvalue weighted by atomic mass is 16.5. The van der Waals surface area contributed by atoms with E-state index in [1.165, 1.54) is 10.8 Å². The van der Waals surface area contributed by atoms with E-state index in [0.29, 0.717) is 36.4 Å². The zero-order valence-electron chi connectivity index (χ0n) is 20.3. The number of nitrogens with one attached hydrogen (secondary N) is 1. The first-order valence-corrected chi connectivity index (χ1v) is 11.6. The Morgan fingerprint density at radius 2 is 1.67 bits per heavy atom. The number of nitrogens with zero attached hydrogens (tertiary/aromatic N) is 3. The van der Waals surface area contributed by atoms with Gasteiger partial charge >= 0.3 is 5.69 Å². The summed E-state index contributed by atoms with van der Waals surface area (Å²) in [6, 6.07) is 18.5. The van der Waals surface area contributed by atoms with E-state index in [1.54, 1.807) is 32.4 Å². The maximum atomic E-state index is 13.4. The second-order valence-electron chi connectivity index (χ2n) is 8.22. The van der Waals surface area contributed by atoms with Gasteiger partial charge in [0.05, 0.1) is 19.7 Å². The first kappa shape index (κ1) is 24.7. The fourth-order valence-corrected chi connectivity index (χ4v) is 4.06. The molecule has 1 amide bonds. The van der Waals surface area contributed by atoms with Crippen LogP contribution in [0.5, 0.6) is 11.5 Å². The Morgan fingerprint density at radius 1 is 0.889 bits per heavy atom. The summed E-state index contributed by atoms with van der Waals surface area (Å²) in [5.74, 6) is 0.837. The van der Waals surface area contributed by atoms with Gasteiger partial charge in [-0.2, -0.15) is 0 Å². The van der Waals surface area contributed by atoms with Crippen LogP contribution in [0.1, 0.15) is 11.1 Å². The number of benzene rings is 2. The maximum absolute atomic E-state index is 13.4. The number of aryl methyl sites for hydroxylation is 1. The normalized spacial score (nSPS) is 10.8. The predicted molar refractivity (Wildman–Crippen MR) is 137 cm³/mol. The summed E-state index contributed by atoms with van der Waals surface area (Å²) in [4.78, 5) is 43.4. The Kier molecular flexibility index (Phi) is 7.79. The van der Waals surface area contributed by atoms with Crippen molar-refractivity contribution < 1.29 is 14.3 Å². The van der Waals surface area contributed by atoms with Crippen molar-refractivity contribution in [1.82, 2.24) is 19.4 Å². The third kappa shape index (κ3) is 5.46. The molecule has 36 heavy (non-hydrogen) atoms. The third-order valence-corrected chi connectivity index (χ3v) is 5.94. The molecule has 0 aliphatic rings. The lowest BCUT2D eigenvalue weighted by Crippen LogP contribution is -2.43. The summed E-state index contributed by atoms with van der Waals surface area (Å²) in [5, 5.41) is 2.85. The number of amides is 1. The van der Waals surface area contributed by atoms with Crippen LogP contribution in [-0.4, -0.2) is 40.8 Å². The number of hydrogen-bond acceptors (Lipinski definition) is 6. The van der Waals surface area contributed by atoms with E-state index in [1.807, 2.05) is 42.5 Å². The third-order valence-electron chi connectivity index (χ3n) is 5.94. The van der Waals surface area contributed by atoms with E-state index in [4.69, 9.17) is 9.47 Å². The summed E-state index contributed by atoms with van der Waals surface area (Å²) in [7, 11) is 3.10. The highest BCUT2D eigenvalue weighted by molar-refractivity contribution is 5.79. The van der Waals surface area contributed by atoms with Crippen molar-refractivity contribution in [2.45, 2.75) is 25.9 Å². The smallest absolute Gasteiger partial charge is 0.332 e. The number of carbonyl (C=O) groups is 1. The SMILES string of the molecule is COc1ccc(CCn2c(=O)c3ncccc3n(CC(=O)NCCc3ccccc3)c2=O)cc1OC. The molecule has 0 radical (unpaired) electrons. The lowest BCUT2D eigenvalue weighted by Gasteiger charge is -2.14. The molecule has 0 aliphatic carbocycles. The van der Waals surface area contributed by atoms with Crippen LogP contribution >= 0.6 is 0 Å². The van der Waals surface area contributed by atoms with Crippen LogP contribution in [0.4, 0.5) is 0 Å². The van der Waals surface area contributed by atoms with E-state index >= 15 is 0 Å². The molecule has 4 rings (SSSR count). The molecule has 0 spiro atoms. The van der Waals surface area contributed by atoms with Gasteiger partial charge in [-0.1, -0.05) is 36.4 Å². The first-order chi connectivity index (χ1) is 17.5. The van der Waals surface area contributed by atoms with Crippen molar-refractivity contribution in [3.8, 4) is 11.5 Å². The molecular formula is C27H28N4O5. The van der Waals surface area contributed by atoms with Crippen LogP contribution in [0.15, 0.2) is 76.4 Å². The predicted octanol–water partition coefficient (Wildman–Crippen LogP) is 2.18. The van der Waals surface area contributed by atoms with Crippen LogP contribution in [-0.2, 0) is 30.7 Å². The molecule has 9 heteroatoms. The quantitative estimate of drug-likeness (QED) is 0.367. The largest absolute Gasteiger partial charge is 0.493 e. The fraction of sp³-hybridized carbons (Fsp3) is 0.259. The molecule has 0 saturated heterocycles. The molecule has 2 aromatic heterocycles. The van der Waals surface area contributed by atoms with Crippen molar-refractivity contribution >= 4 is 16.9 Å². The Bertz CT molecular complexity index is 1480. The van der Waals surface area contributed by atoms with Crippen molar-refractivity contribution in [3.05, 3.63) is 98.8 Å². The van der Waals surface area contributed by atoms with Gasteiger partial charge in [-0.05, 0) is 48.2 Å². The van der Waals surface area contributed by atoms with E-state index in [0.717, 1.165) is 15.7 Å². The number of rotatable bonds is 10. The topological polar surface area (TPSA) is 104 Å². The number of carbonyl (C=O) groups excluding carboxylic acids is 1. The summed E-state index contributed by atoms with van der Waals surface area (Å²) >= 11 is 0. The maximum Gasteiger partial charge on any atom is 0.332 e. The van der Waals surface area contributed by atoms with Gasteiger partial charge in [0, 0.05) is 19.3 Å². The van der Waals surface area contributed by atoms with Crippen LogP contribution < -0.4 is 26.0 Å². The summed E-state index contributed by atoms with van der Waals surface area (Å²) in [5.41, 5.74) is 1.39. The summed E-state index contributed by atoms with van der Waals surface area (Å²) < 4.78 is 13.0. The van der Waals surface area contributed by atoms with Gasteiger partial charge in [-0.15, -0.1) is 0 Å². The number of fused-ring (bicyclic) bond motifs is 1. The van der Waals surface area contributed by atoms with E-state index in [2.05, 4.69) is 10.3 Å². The molecule has 0 bridgehead atoms. The molecule has 0 saturated carbocycles. The number of hydrogen-bond donors (Lipinski definition) is 1. The molecule has 9 nitrogen and oxygen atoms in total. The zero-order chi connectivity index (χ0) is 25.5. The molecule has 186 valence electrons. The van der Waals surface area contributed by atoms with Gasteiger partial charge < -0.3 is 14.8 Å². The number of ether oxygens (including phenoxy) is 2. The molecule has 2 aromatic carbocycles. The fourth-order valence-electron chi connectivity index (χ4n) is 4.06. The lowest BCUT2D eigenvalue weighted by molar-refractivity contribution is -0.121. The van der Waals surface area contributed by atoms with Crippen molar-refractivity contribution in [2.24, 2.45) is 0 Å². The molecule has 0 fully saturated rings. The van der Waals surface area contributed by atoms with Crippen molar-refractivity contribution in [2.75, 3.05) is 20.8 Å². The van der Waals surface area contributed by atoms with Crippen LogP contribution in [0.3, 0.4) is 0 Å². The molecular weight excluding hydrogens is 460 g/mol. The summed E-state index contributed by atoms with van der Waals surface area (Å²) in [6.07, 6.45) is 2.57. The van der Waals surface area contributed by atoms with E-state index in [-0.39, 0.29) is 24.5 Å². The minimum atomic E-state index is -0.556. The van der Waals surface area contributed by atoms with Crippen LogP contribution in [0.2, 0.25) is 0 Å². The van der Waals surface area contributed by atoms with Gasteiger partial charge in [0.15, 0.2) is 17.0 Å². The first-order valence-electron chi connectivity index (χ1n) is 11.6. The van der Waals surface area contributed by atoms with Gasteiger partial charge in [-0.3, -0.25) is 18.7 Å². The van der Waals surface area contributed by atoms with E-state index in [9.17, 15) is 14.4 Å². The minimum absolute atomic E-state index is 0.120. The average Bonchev–Trinajstić information content (AvgIpc) is 2.91. The minimum Gasteiger partial charge on any atom is -0.493 e. The zero-order valence-corrected chi connectivity index (χ0v) is 20.3. The Balaban J connectivity index is 1.56.